The third-order valence-electron chi connectivity index (χ3n) is 3.19. The molecular formula is C15H11N3O3S2. The van der Waals surface area contributed by atoms with E-state index in [0.717, 1.165) is 9.88 Å². The van der Waals surface area contributed by atoms with Crippen LogP contribution in [-0.4, -0.2) is 28.8 Å². The number of hydrogen-bond donors (Lipinski definition) is 1. The Balaban J connectivity index is 1.45. The number of fused-ring (bicyclic) bond motifs is 1. The van der Waals surface area contributed by atoms with Gasteiger partial charge in [-0.2, -0.15) is 0 Å². The number of thiophene rings is 1. The highest BCUT2D eigenvalue weighted by atomic mass is 32.1. The molecule has 0 fully saturated rings. The lowest BCUT2D eigenvalue weighted by atomic mass is 10.2. The van der Waals surface area contributed by atoms with Crippen molar-refractivity contribution in [2.75, 3.05) is 11.9 Å². The van der Waals surface area contributed by atoms with Gasteiger partial charge >= 0.3 is 0 Å². The van der Waals surface area contributed by atoms with Gasteiger partial charge in [-0.1, -0.05) is 29.5 Å². The Morgan fingerprint density at radius 2 is 2.04 bits per heavy atom. The molecule has 2 aromatic heterocycles. The van der Waals surface area contributed by atoms with Gasteiger partial charge in [0, 0.05) is 0 Å². The second kappa shape index (κ2) is 5.98. The number of carbonyl (C=O) groups is 1. The van der Waals surface area contributed by atoms with Crippen molar-refractivity contribution in [3.63, 3.8) is 0 Å². The third kappa shape index (κ3) is 2.90. The smallest absolute Gasteiger partial charge is 0.270 e. The molecule has 1 aromatic carbocycles. The number of nitrogens with zero attached hydrogens (tertiary/aromatic N) is 2. The summed E-state index contributed by atoms with van der Waals surface area (Å²) in [4.78, 5) is 13.3. The number of aromatic nitrogens is 2. The number of rotatable bonds is 3. The van der Waals surface area contributed by atoms with Gasteiger partial charge in [0.25, 0.3) is 5.91 Å². The van der Waals surface area contributed by atoms with Crippen LogP contribution in [-0.2, 0) is 4.79 Å². The van der Waals surface area contributed by atoms with Gasteiger partial charge < -0.3 is 9.47 Å². The van der Waals surface area contributed by atoms with Gasteiger partial charge in [-0.15, -0.1) is 21.5 Å². The summed E-state index contributed by atoms with van der Waals surface area (Å²) in [5, 5.41) is 14.0. The first-order chi connectivity index (χ1) is 11.3. The van der Waals surface area contributed by atoms with Gasteiger partial charge in [-0.3, -0.25) is 10.1 Å². The molecule has 0 aliphatic carbocycles. The van der Waals surface area contributed by atoms with Crippen molar-refractivity contribution in [2.45, 2.75) is 6.10 Å². The predicted molar refractivity (Wildman–Crippen MR) is 88.2 cm³/mol. The monoisotopic (exact) mass is 345 g/mol. The first kappa shape index (κ1) is 14.2. The van der Waals surface area contributed by atoms with Gasteiger partial charge in [-0.25, -0.2) is 0 Å². The number of anilines is 1. The third-order valence-corrected chi connectivity index (χ3v) is 5.07. The Hall–Kier alpha value is -2.45. The van der Waals surface area contributed by atoms with E-state index in [9.17, 15) is 4.79 Å². The van der Waals surface area contributed by atoms with Crippen molar-refractivity contribution in [2.24, 2.45) is 0 Å². The summed E-state index contributed by atoms with van der Waals surface area (Å²) in [7, 11) is 0. The number of benzene rings is 1. The molecule has 116 valence electrons. The molecule has 1 aliphatic heterocycles. The largest absolute Gasteiger partial charge is 0.485 e. The molecule has 3 heterocycles. The lowest BCUT2D eigenvalue weighted by Crippen LogP contribution is -2.40. The molecule has 0 radical (unpaired) electrons. The Kier molecular flexibility index (Phi) is 3.68. The average Bonchev–Trinajstić information content (AvgIpc) is 3.25. The number of hydrogen-bond acceptors (Lipinski definition) is 7. The maximum absolute atomic E-state index is 12.3. The molecule has 1 amide bonds. The molecule has 0 bridgehead atoms. The van der Waals surface area contributed by atoms with Gasteiger partial charge in [0.05, 0.1) is 4.88 Å². The van der Waals surface area contributed by atoms with Gasteiger partial charge in [-0.05, 0) is 23.6 Å². The van der Waals surface area contributed by atoms with E-state index >= 15 is 0 Å². The second-order valence-corrected chi connectivity index (χ2v) is 6.67. The minimum atomic E-state index is -0.709. The number of carbonyl (C=O) groups excluding carboxylic acids is 1. The minimum absolute atomic E-state index is 0.166. The molecule has 1 aliphatic rings. The summed E-state index contributed by atoms with van der Waals surface area (Å²) in [5.41, 5.74) is 0. The standard InChI is InChI=1S/C15H11N3O3S2/c19-13(11-8-20-9-4-1-2-5-10(9)21-11)16-15-18-17-14(23-15)12-6-3-7-22-12/h1-7,11H,8H2,(H,16,18,19). The highest BCUT2D eigenvalue weighted by Crippen LogP contribution is 2.32. The van der Waals surface area contributed by atoms with Gasteiger partial charge in [0.1, 0.15) is 6.61 Å². The molecule has 4 rings (SSSR count). The molecule has 8 heteroatoms. The maximum Gasteiger partial charge on any atom is 0.270 e. The van der Waals surface area contributed by atoms with E-state index in [4.69, 9.17) is 9.47 Å². The molecule has 1 unspecified atom stereocenters. The van der Waals surface area contributed by atoms with Crippen LogP contribution in [0.1, 0.15) is 0 Å². The lowest BCUT2D eigenvalue weighted by molar-refractivity contribution is -0.125. The highest BCUT2D eigenvalue weighted by molar-refractivity contribution is 7.23. The fourth-order valence-corrected chi connectivity index (χ4v) is 3.65. The Bertz CT molecular complexity index is 832. The molecule has 23 heavy (non-hydrogen) atoms. The van der Waals surface area contributed by atoms with Crippen LogP contribution in [0.3, 0.4) is 0 Å². The number of ether oxygens (including phenoxy) is 2. The fraction of sp³-hybridized carbons (Fsp3) is 0.133. The minimum Gasteiger partial charge on any atom is -0.485 e. The molecule has 0 saturated heterocycles. The summed E-state index contributed by atoms with van der Waals surface area (Å²) in [5.74, 6) is 0.913. The van der Waals surface area contributed by atoms with Crippen molar-refractivity contribution in [3.05, 3.63) is 41.8 Å². The Morgan fingerprint density at radius 1 is 1.17 bits per heavy atom. The quantitative estimate of drug-likeness (QED) is 0.790. The molecule has 0 saturated carbocycles. The Morgan fingerprint density at radius 3 is 2.87 bits per heavy atom. The number of nitrogens with one attached hydrogen (secondary N) is 1. The van der Waals surface area contributed by atoms with Crippen LogP contribution in [0.2, 0.25) is 0 Å². The molecular weight excluding hydrogens is 334 g/mol. The van der Waals surface area contributed by atoms with Crippen molar-refractivity contribution < 1.29 is 14.3 Å². The number of amides is 1. The summed E-state index contributed by atoms with van der Waals surface area (Å²) in [6.07, 6.45) is -0.709. The van der Waals surface area contributed by atoms with Crippen LogP contribution < -0.4 is 14.8 Å². The maximum atomic E-state index is 12.3. The zero-order chi connectivity index (χ0) is 15.6. The SMILES string of the molecule is O=C(Nc1nnc(-c2cccs2)s1)C1COc2ccccc2O1. The molecule has 3 aromatic rings. The summed E-state index contributed by atoms with van der Waals surface area (Å²) in [6, 6.07) is 11.2. The molecule has 6 nitrogen and oxygen atoms in total. The van der Waals surface area contributed by atoms with Crippen LogP contribution >= 0.6 is 22.7 Å². The van der Waals surface area contributed by atoms with E-state index in [0.29, 0.717) is 16.6 Å². The summed E-state index contributed by atoms with van der Waals surface area (Å²) < 4.78 is 11.2. The van der Waals surface area contributed by atoms with Crippen LogP contribution in [0.5, 0.6) is 11.5 Å². The first-order valence-electron chi connectivity index (χ1n) is 6.86. The van der Waals surface area contributed by atoms with Crippen molar-refractivity contribution in [3.8, 4) is 21.4 Å². The van der Waals surface area contributed by atoms with Gasteiger partial charge in [0.15, 0.2) is 16.5 Å². The van der Waals surface area contributed by atoms with Crippen molar-refractivity contribution >= 4 is 33.7 Å². The second-order valence-electron chi connectivity index (χ2n) is 4.74. The van der Waals surface area contributed by atoms with E-state index in [1.54, 1.807) is 17.4 Å². The van der Waals surface area contributed by atoms with Crippen molar-refractivity contribution in [1.82, 2.24) is 10.2 Å². The van der Waals surface area contributed by atoms with Crippen LogP contribution in [0, 0.1) is 0 Å². The van der Waals surface area contributed by atoms with Gasteiger partial charge in [0.2, 0.25) is 11.2 Å². The highest BCUT2D eigenvalue weighted by Gasteiger charge is 2.28. The van der Waals surface area contributed by atoms with E-state index in [1.807, 2.05) is 35.7 Å². The normalized spacial score (nSPS) is 16.1. The van der Waals surface area contributed by atoms with Crippen LogP contribution in [0.4, 0.5) is 5.13 Å². The zero-order valence-electron chi connectivity index (χ0n) is 11.8. The average molecular weight is 345 g/mol. The Labute approximate surface area is 139 Å². The summed E-state index contributed by atoms with van der Waals surface area (Å²) >= 11 is 2.91. The first-order valence-corrected chi connectivity index (χ1v) is 8.56. The number of para-hydroxylation sites is 2. The van der Waals surface area contributed by atoms with E-state index < -0.39 is 6.10 Å². The molecule has 1 atom stereocenters. The predicted octanol–water partition coefficient (Wildman–Crippen LogP) is 3.05. The molecule has 1 N–H and O–H groups in total. The zero-order valence-corrected chi connectivity index (χ0v) is 13.4. The van der Waals surface area contributed by atoms with Crippen molar-refractivity contribution in [1.29, 1.82) is 0 Å². The molecule has 0 spiro atoms. The van der Waals surface area contributed by atoms with E-state index in [2.05, 4.69) is 15.5 Å². The lowest BCUT2D eigenvalue weighted by Gasteiger charge is -2.25. The van der Waals surface area contributed by atoms with E-state index in [-0.39, 0.29) is 12.5 Å². The van der Waals surface area contributed by atoms with Crippen LogP contribution in [0.15, 0.2) is 41.8 Å². The fourth-order valence-electron chi connectivity index (χ4n) is 2.11. The van der Waals surface area contributed by atoms with E-state index in [1.165, 1.54) is 11.3 Å². The topological polar surface area (TPSA) is 73.3 Å². The van der Waals surface area contributed by atoms with Crippen LogP contribution in [0.25, 0.3) is 9.88 Å². The summed E-state index contributed by atoms with van der Waals surface area (Å²) in [6.45, 7) is 0.166.